The number of carbonyl (C=O) groups is 1. The molecule has 0 spiro atoms. The summed E-state index contributed by atoms with van der Waals surface area (Å²) in [6, 6.07) is 8.35. The molecule has 0 aliphatic carbocycles. The number of hydrogen-bond acceptors (Lipinski definition) is 2. The van der Waals surface area contributed by atoms with Gasteiger partial charge in [-0.05, 0) is 24.5 Å². The Bertz CT molecular complexity index is 386. The maximum Gasteiger partial charge on any atom is 0.307 e. The maximum atomic E-state index is 10.6. The Morgan fingerprint density at radius 2 is 1.80 bits per heavy atom. The van der Waals surface area contributed by atoms with Crippen LogP contribution in [0, 0.1) is 0 Å². The number of aliphatic carboxylic acids is 1. The van der Waals surface area contributed by atoms with Crippen LogP contribution in [-0.2, 0) is 17.8 Å². The Labute approximate surface area is 122 Å². The van der Waals surface area contributed by atoms with Crippen LogP contribution >= 0.6 is 0 Å². The van der Waals surface area contributed by atoms with Gasteiger partial charge in [0.1, 0.15) is 0 Å². The standard InChI is InChI=1S/C17H27NO2/c1-3-4-5-6-7-14(2)18-13-16-10-8-15(9-11-16)12-17(19)20/h8-11,14,18H,3-7,12-13H2,1-2H3,(H,19,20). The van der Waals surface area contributed by atoms with Gasteiger partial charge in [-0.3, -0.25) is 4.79 Å². The van der Waals surface area contributed by atoms with Gasteiger partial charge in [-0.2, -0.15) is 0 Å². The molecule has 1 unspecified atom stereocenters. The topological polar surface area (TPSA) is 49.3 Å². The minimum Gasteiger partial charge on any atom is -0.481 e. The van der Waals surface area contributed by atoms with Crippen LogP contribution in [0.5, 0.6) is 0 Å². The van der Waals surface area contributed by atoms with Crippen molar-refractivity contribution in [2.75, 3.05) is 0 Å². The van der Waals surface area contributed by atoms with E-state index in [1.54, 1.807) is 0 Å². The fourth-order valence-corrected chi connectivity index (χ4v) is 2.22. The molecule has 1 aromatic rings. The Balaban J connectivity index is 2.25. The molecule has 0 saturated carbocycles. The van der Waals surface area contributed by atoms with Crippen LogP contribution in [0.25, 0.3) is 0 Å². The van der Waals surface area contributed by atoms with Crippen molar-refractivity contribution >= 4 is 5.97 Å². The van der Waals surface area contributed by atoms with E-state index in [0.717, 1.165) is 12.1 Å². The van der Waals surface area contributed by atoms with Gasteiger partial charge in [0.15, 0.2) is 0 Å². The third-order valence-electron chi connectivity index (χ3n) is 3.52. The highest BCUT2D eigenvalue weighted by atomic mass is 16.4. The highest BCUT2D eigenvalue weighted by Gasteiger charge is 2.03. The average Bonchev–Trinajstić information content (AvgIpc) is 2.42. The smallest absolute Gasteiger partial charge is 0.307 e. The highest BCUT2D eigenvalue weighted by molar-refractivity contribution is 5.70. The molecular weight excluding hydrogens is 250 g/mol. The average molecular weight is 277 g/mol. The number of rotatable bonds is 10. The predicted molar refractivity (Wildman–Crippen MR) is 82.8 cm³/mol. The third-order valence-corrected chi connectivity index (χ3v) is 3.52. The van der Waals surface area contributed by atoms with E-state index in [1.165, 1.54) is 37.7 Å². The summed E-state index contributed by atoms with van der Waals surface area (Å²) in [5.74, 6) is -0.781. The summed E-state index contributed by atoms with van der Waals surface area (Å²) in [7, 11) is 0. The van der Waals surface area contributed by atoms with Gasteiger partial charge in [0.25, 0.3) is 0 Å². The molecule has 20 heavy (non-hydrogen) atoms. The molecular formula is C17H27NO2. The predicted octanol–water partition coefficient (Wildman–Crippen LogP) is 3.76. The first-order valence-electron chi connectivity index (χ1n) is 7.64. The fraction of sp³-hybridized carbons (Fsp3) is 0.588. The van der Waals surface area contributed by atoms with Crippen LogP contribution in [0.1, 0.15) is 57.1 Å². The minimum atomic E-state index is -0.781. The molecule has 0 amide bonds. The summed E-state index contributed by atoms with van der Waals surface area (Å²) in [6.45, 7) is 5.31. The summed E-state index contributed by atoms with van der Waals surface area (Å²) < 4.78 is 0. The molecule has 3 heteroatoms. The zero-order valence-corrected chi connectivity index (χ0v) is 12.7. The van der Waals surface area contributed by atoms with Crippen LogP contribution in [-0.4, -0.2) is 17.1 Å². The van der Waals surface area contributed by atoms with Crippen LogP contribution in [0.15, 0.2) is 24.3 Å². The molecule has 112 valence electrons. The first-order valence-corrected chi connectivity index (χ1v) is 7.64. The summed E-state index contributed by atoms with van der Waals surface area (Å²) in [5.41, 5.74) is 2.06. The lowest BCUT2D eigenvalue weighted by molar-refractivity contribution is -0.136. The molecule has 3 nitrogen and oxygen atoms in total. The number of unbranched alkanes of at least 4 members (excludes halogenated alkanes) is 3. The Morgan fingerprint density at radius 3 is 2.40 bits per heavy atom. The number of nitrogens with one attached hydrogen (secondary N) is 1. The first-order chi connectivity index (χ1) is 9.61. The fourth-order valence-electron chi connectivity index (χ4n) is 2.22. The van der Waals surface area contributed by atoms with Gasteiger partial charge in [-0.15, -0.1) is 0 Å². The van der Waals surface area contributed by atoms with E-state index >= 15 is 0 Å². The van der Waals surface area contributed by atoms with Gasteiger partial charge in [0.2, 0.25) is 0 Å². The largest absolute Gasteiger partial charge is 0.481 e. The van der Waals surface area contributed by atoms with Crippen molar-refractivity contribution in [2.45, 2.75) is 65.0 Å². The molecule has 0 bridgehead atoms. The van der Waals surface area contributed by atoms with E-state index < -0.39 is 5.97 Å². The van der Waals surface area contributed by atoms with E-state index in [4.69, 9.17) is 5.11 Å². The Hall–Kier alpha value is -1.35. The molecule has 2 N–H and O–H groups in total. The van der Waals surface area contributed by atoms with Gasteiger partial charge in [0.05, 0.1) is 6.42 Å². The van der Waals surface area contributed by atoms with Gasteiger partial charge in [-0.25, -0.2) is 0 Å². The highest BCUT2D eigenvalue weighted by Crippen LogP contribution is 2.08. The lowest BCUT2D eigenvalue weighted by Gasteiger charge is -2.13. The molecule has 0 heterocycles. The normalized spacial score (nSPS) is 12.3. The third kappa shape index (κ3) is 7.29. The number of hydrogen-bond donors (Lipinski definition) is 2. The van der Waals surface area contributed by atoms with Crippen LogP contribution in [0.2, 0.25) is 0 Å². The second-order valence-corrected chi connectivity index (χ2v) is 5.52. The zero-order chi connectivity index (χ0) is 14.8. The summed E-state index contributed by atoms with van der Waals surface area (Å²) in [4.78, 5) is 10.6. The zero-order valence-electron chi connectivity index (χ0n) is 12.7. The lowest BCUT2D eigenvalue weighted by Crippen LogP contribution is -2.25. The van der Waals surface area contributed by atoms with Crippen LogP contribution in [0.3, 0.4) is 0 Å². The van der Waals surface area contributed by atoms with E-state index in [9.17, 15) is 4.79 Å². The van der Waals surface area contributed by atoms with Crippen molar-refractivity contribution in [2.24, 2.45) is 0 Å². The molecule has 1 aromatic carbocycles. The molecule has 0 radical (unpaired) electrons. The molecule has 1 rings (SSSR count). The first kappa shape index (κ1) is 16.7. The second kappa shape index (κ2) is 9.54. The van der Waals surface area contributed by atoms with Gasteiger partial charge >= 0.3 is 5.97 Å². The molecule has 0 aliphatic heterocycles. The summed E-state index contributed by atoms with van der Waals surface area (Å²) in [6.07, 6.45) is 6.55. The number of carboxylic acid groups (broad SMARTS) is 1. The Kier molecular flexibility index (Phi) is 7.97. The van der Waals surface area contributed by atoms with Crippen molar-refractivity contribution < 1.29 is 9.90 Å². The number of carboxylic acids is 1. The summed E-state index contributed by atoms with van der Waals surface area (Å²) >= 11 is 0. The lowest BCUT2D eigenvalue weighted by atomic mass is 10.1. The number of benzene rings is 1. The minimum absolute atomic E-state index is 0.0987. The summed E-state index contributed by atoms with van der Waals surface area (Å²) in [5, 5.41) is 12.2. The molecule has 0 aromatic heterocycles. The van der Waals surface area contributed by atoms with Gasteiger partial charge < -0.3 is 10.4 Å². The Morgan fingerprint density at radius 1 is 1.15 bits per heavy atom. The SMILES string of the molecule is CCCCCCC(C)NCc1ccc(CC(=O)O)cc1. The van der Waals surface area contributed by atoms with Crippen molar-refractivity contribution in [1.82, 2.24) is 5.32 Å². The van der Waals surface area contributed by atoms with Crippen molar-refractivity contribution in [3.05, 3.63) is 35.4 Å². The maximum absolute atomic E-state index is 10.6. The van der Waals surface area contributed by atoms with Gasteiger partial charge in [0, 0.05) is 12.6 Å². The molecule has 0 saturated heterocycles. The molecule has 0 aliphatic rings. The van der Waals surface area contributed by atoms with Gasteiger partial charge in [-0.1, -0.05) is 56.9 Å². The van der Waals surface area contributed by atoms with E-state index in [0.29, 0.717) is 6.04 Å². The van der Waals surface area contributed by atoms with Crippen molar-refractivity contribution in [3.8, 4) is 0 Å². The molecule has 1 atom stereocenters. The van der Waals surface area contributed by atoms with Crippen LogP contribution in [0.4, 0.5) is 0 Å². The van der Waals surface area contributed by atoms with Crippen molar-refractivity contribution in [3.63, 3.8) is 0 Å². The molecule has 0 fully saturated rings. The van der Waals surface area contributed by atoms with E-state index in [1.807, 2.05) is 24.3 Å². The van der Waals surface area contributed by atoms with E-state index in [-0.39, 0.29) is 6.42 Å². The van der Waals surface area contributed by atoms with E-state index in [2.05, 4.69) is 19.2 Å². The monoisotopic (exact) mass is 277 g/mol. The quantitative estimate of drug-likeness (QED) is 0.640. The van der Waals surface area contributed by atoms with Crippen LogP contribution < -0.4 is 5.32 Å². The second-order valence-electron chi connectivity index (χ2n) is 5.52. The van der Waals surface area contributed by atoms with Crippen molar-refractivity contribution in [1.29, 1.82) is 0 Å².